The van der Waals surface area contributed by atoms with E-state index < -0.39 is 12.2 Å². The summed E-state index contributed by atoms with van der Waals surface area (Å²) in [6, 6.07) is 0. The predicted octanol–water partition coefficient (Wildman–Crippen LogP) is -2.27. The van der Waals surface area contributed by atoms with Crippen molar-refractivity contribution in [3.63, 3.8) is 0 Å². The Bertz CT molecular complexity index is 189. The van der Waals surface area contributed by atoms with E-state index >= 15 is 0 Å². The van der Waals surface area contributed by atoms with Gasteiger partial charge in [0.2, 0.25) is 0 Å². The van der Waals surface area contributed by atoms with Crippen molar-refractivity contribution in [1.82, 2.24) is 0 Å². The maximum atomic E-state index is 8.89. The average molecular weight is 234 g/mol. The lowest BCUT2D eigenvalue weighted by atomic mass is 10.4. The molecule has 6 heteroatoms. The maximum absolute atomic E-state index is 8.89. The molecule has 0 saturated carbocycles. The van der Waals surface area contributed by atoms with Crippen LogP contribution in [-0.2, 0) is 9.47 Å². The van der Waals surface area contributed by atoms with Crippen LogP contribution in [0.3, 0.4) is 0 Å². The zero-order valence-corrected chi connectivity index (χ0v) is 9.00. The molecule has 0 aromatic rings. The Kier molecular flexibility index (Phi) is 10.4. The van der Waals surface area contributed by atoms with E-state index in [1.807, 2.05) is 0 Å². The lowest BCUT2D eigenvalue weighted by Gasteiger charge is -2.05. The Morgan fingerprint density at radius 3 is 1.50 bits per heavy atom. The molecular weight excluding hydrogens is 216 g/mol. The van der Waals surface area contributed by atoms with Crippen molar-refractivity contribution in [1.29, 1.82) is 0 Å². The fourth-order valence-corrected chi connectivity index (χ4v) is 0.699. The Hall–Kier alpha value is -0.680. The summed E-state index contributed by atoms with van der Waals surface area (Å²) in [5.41, 5.74) is 0. The van der Waals surface area contributed by atoms with Crippen LogP contribution < -0.4 is 0 Å². The van der Waals surface area contributed by atoms with Crippen LogP contribution in [0.5, 0.6) is 0 Å². The van der Waals surface area contributed by atoms with Crippen molar-refractivity contribution in [2.45, 2.75) is 12.2 Å². The first-order valence-corrected chi connectivity index (χ1v) is 4.89. The molecular formula is C10H18O6. The summed E-state index contributed by atoms with van der Waals surface area (Å²) in [6.45, 7) is -0.318. The number of rotatable bonds is 8. The highest BCUT2D eigenvalue weighted by Gasteiger charge is 2.00. The quantitative estimate of drug-likeness (QED) is 0.279. The topological polar surface area (TPSA) is 99.4 Å². The van der Waals surface area contributed by atoms with Crippen molar-refractivity contribution in [2.75, 3.05) is 39.6 Å². The van der Waals surface area contributed by atoms with E-state index in [-0.39, 0.29) is 39.6 Å². The summed E-state index contributed by atoms with van der Waals surface area (Å²) in [5.74, 6) is 5.24. The number of hydrogen-bond donors (Lipinski definition) is 4. The minimum Gasteiger partial charge on any atom is -0.394 e. The third-order valence-electron chi connectivity index (χ3n) is 1.52. The zero-order chi connectivity index (χ0) is 12.2. The molecule has 4 N–H and O–H groups in total. The summed E-state index contributed by atoms with van der Waals surface area (Å²) < 4.78 is 9.81. The van der Waals surface area contributed by atoms with E-state index in [1.165, 1.54) is 0 Å². The molecule has 94 valence electrons. The highest BCUT2D eigenvalue weighted by molar-refractivity contribution is 4.99. The molecule has 0 rings (SSSR count). The van der Waals surface area contributed by atoms with Gasteiger partial charge in [-0.2, -0.15) is 0 Å². The Balaban J connectivity index is 3.28. The SMILES string of the molecule is OC[C@H](O)COCC#CCOC[C@@H](O)CO. The number of aliphatic hydroxyl groups is 4. The standard InChI is InChI=1S/C10H18O6/c11-5-9(13)7-15-3-1-2-4-16-8-10(14)6-12/h9-14H,3-8H2/t9-,10-/m0/s1. The van der Waals surface area contributed by atoms with Gasteiger partial charge < -0.3 is 29.9 Å². The monoisotopic (exact) mass is 234 g/mol. The molecule has 0 aliphatic rings. The maximum Gasteiger partial charge on any atom is 0.107 e. The van der Waals surface area contributed by atoms with Crippen LogP contribution in [0.25, 0.3) is 0 Å². The second-order valence-corrected chi connectivity index (χ2v) is 3.06. The first-order chi connectivity index (χ1) is 7.70. The Morgan fingerprint density at radius 1 is 0.812 bits per heavy atom. The fraction of sp³-hybridized carbons (Fsp3) is 0.800. The normalized spacial score (nSPS) is 14.0. The lowest BCUT2D eigenvalue weighted by Crippen LogP contribution is -2.19. The summed E-state index contributed by atoms with van der Waals surface area (Å²) in [5, 5.41) is 34.7. The number of ether oxygens (including phenoxy) is 2. The van der Waals surface area contributed by atoms with Gasteiger partial charge in [0, 0.05) is 0 Å². The van der Waals surface area contributed by atoms with E-state index in [4.69, 9.17) is 29.9 Å². The molecule has 0 radical (unpaired) electrons. The second kappa shape index (κ2) is 10.8. The van der Waals surface area contributed by atoms with Crippen LogP contribution in [0.1, 0.15) is 0 Å². The van der Waals surface area contributed by atoms with E-state index in [1.54, 1.807) is 0 Å². The molecule has 0 fully saturated rings. The molecule has 0 aromatic carbocycles. The fourth-order valence-electron chi connectivity index (χ4n) is 0.699. The van der Waals surface area contributed by atoms with Crippen LogP contribution in [-0.4, -0.2) is 72.3 Å². The summed E-state index contributed by atoms with van der Waals surface area (Å²) in [4.78, 5) is 0. The summed E-state index contributed by atoms with van der Waals surface area (Å²) >= 11 is 0. The van der Waals surface area contributed by atoms with Crippen LogP contribution >= 0.6 is 0 Å². The van der Waals surface area contributed by atoms with Gasteiger partial charge in [-0.25, -0.2) is 0 Å². The molecule has 0 saturated heterocycles. The lowest BCUT2D eigenvalue weighted by molar-refractivity contribution is 0.0148. The zero-order valence-electron chi connectivity index (χ0n) is 9.00. The van der Waals surface area contributed by atoms with Crippen molar-refractivity contribution >= 4 is 0 Å². The minimum absolute atomic E-state index is 0.0370. The molecule has 0 aliphatic carbocycles. The minimum atomic E-state index is -0.877. The molecule has 6 nitrogen and oxygen atoms in total. The van der Waals surface area contributed by atoms with Crippen LogP contribution in [0.4, 0.5) is 0 Å². The largest absolute Gasteiger partial charge is 0.394 e. The molecule has 0 unspecified atom stereocenters. The van der Waals surface area contributed by atoms with Gasteiger partial charge in [-0.15, -0.1) is 0 Å². The smallest absolute Gasteiger partial charge is 0.107 e. The molecule has 0 spiro atoms. The van der Waals surface area contributed by atoms with Crippen molar-refractivity contribution in [3.8, 4) is 11.8 Å². The molecule has 0 amide bonds. The van der Waals surface area contributed by atoms with Crippen molar-refractivity contribution < 1.29 is 29.9 Å². The number of aliphatic hydroxyl groups excluding tert-OH is 4. The first kappa shape index (κ1) is 15.3. The van der Waals surface area contributed by atoms with Gasteiger partial charge in [-0.05, 0) is 0 Å². The van der Waals surface area contributed by atoms with Gasteiger partial charge in [0.25, 0.3) is 0 Å². The first-order valence-electron chi connectivity index (χ1n) is 4.89. The number of hydrogen-bond acceptors (Lipinski definition) is 6. The van der Waals surface area contributed by atoms with E-state index in [9.17, 15) is 0 Å². The Morgan fingerprint density at radius 2 is 1.19 bits per heavy atom. The van der Waals surface area contributed by atoms with Crippen LogP contribution in [0.15, 0.2) is 0 Å². The molecule has 2 atom stereocenters. The van der Waals surface area contributed by atoms with E-state index in [2.05, 4.69) is 11.8 Å². The third kappa shape index (κ3) is 9.86. The van der Waals surface area contributed by atoms with E-state index in [0.29, 0.717) is 0 Å². The molecule has 0 bridgehead atoms. The second-order valence-electron chi connectivity index (χ2n) is 3.06. The summed E-state index contributed by atoms with van der Waals surface area (Å²) in [6.07, 6.45) is -1.75. The predicted molar refractivity (Wildman–Crippen MR) is 55.6 cm³/mol. The van der Waals surface area contributed by atoms with Gasteiger partial charge >= 0.3 is 0 Å². The molecule has 16 heavy (non-hydrogen) atoms. The van der Waals surface area contributed by atoms with Gasteiger partial charge in [0.15, 0.2) is 0 Å². The van der Waals surface area contributed by atoms with Crippen molar-refractivity contribution in [2.24, 2.45) is 0 Å². The molecule has 0 aliphatic heterocycles. The van der Waals surface area contributed by atoms with Gasteiger partial charge in [-0.3, -0.25) is 0 Å². The van der Waals surface area contributed by atoms with Crippen molar-refractivity contribution in [3.05, 3.63) is 0 Å². The van der Waals surface area contributed by atoms with Crippen LogP contribution in [0, 0.1) is 11.8 Å². The van der Waals surface area contributed by atoms with Gasteiger partial charge in [-0.1, -0.05) is 11.8 Å². The highest BCUT2D eigenvalue weighted by atomic mass is 16.5. The van der Waals surface area contributed by atoms with Gasteiger partial charge in [0.05, 0.1) is 26.4 Å². The average Bonchev–Trinajstić information content (AvgIpc) is 2.31. The highest BCUT2D eigenvalue weighted by Crippen LogP contribution is 1.84. The Labute approximate surface area is 94.4 Å². The van der Waals surface area contributed by atoms with Gasteiger partial charge in [0.1, 0.15) is 25.4 Å². The van der Waals surface area contributed by atoms with E-state index in [0.717, 1.165) is 0 Å². The third-order valence-corrected chi connectivity index (χ3v) is 1.52. The van der Waals surface area contributed by atoms with Crippen LogP contribution in [0.2, 0.25) is 0 Å². The summed E-state index contributed by atoms with van der Waals surface area (Å²) in [7, 11) is 0. The molecule has 0 heterocycles. The molecule has 0 aromatic heterocycles.